The fourth-order valence-corrected chi connectivity index (χ4v) is 3.46. The van der Waals surface area contributed by atoms with Crippen molar-refractivity contribution >= 4 is 16.7 Å². The number of hydrogen-bond acceptors (Lipinski definition) is 6. The first-order valence-corrected chi connectivity index (χ1v) is 9.15. The number of hydrogen-bond donors (Lipinski definition) is 1. The monoisotopic (exact) mass is 383 g/mol. The number of aryl methyl sites for hydroxylation is 1. The lowest BCUT2D eigenvalue weighted by molar-refractivity contribution is -0.134. The zero-order valence-corrected chi connectivity index (χ0v) is 15.6. The third-order valence-corrected chi connectivity index (χ3v) is 4.96. The van der Waals surface area contributed by atoms with Crippen molar-refractivity contribution in [3.05, 3.63) is 62.5 Å². The third-order valence-electron chi connectivity index (χ3n) is 4.96. The van der Waals surface area contributed by atoms with Crippen LogP contribution in [-0.4, -0.2) is 56.8 Å². The molecule has 0 unspecified atom stereocenters. The Morgan fingerprint density at radius 1 is 1.14 bits per heavy atom. The van der Waals surface area contributed by atoms with Gasteiger partial charge in [0.1, 0.15) is 6.54 Å². The number of rotatable bonds is 4. The zero-order chi connectivity index (χ0) is 19.7. The maximum atomic E-state index is 12.6. The summed E-state index contributed by atoms with van der Waals surface area (Å²) in [5, 5.41) is 7.02. The molecule has 9 heteroatoms. The summed E-state index contributed by atoms with van der Waals surface area (Å²) in [6, 6.07) is 8.49. The summed E-state index contributed by atoms with van der Waals surface area (Å²) < 4.78 is 6.33. The number of nitrogens with zero attached hydrogens (tertiary/aromatic N) is 4. The van der Waals surface area contributed by atoms with Gasteiger partial charge in [-0.05, 0) is 19.1 Å². The molecule has 0 radical (unpaired) electrons. The molecule has 4 rings (SSSR count). The molecule has 146 valence electrons. The molecule has 1 saturated heterocycles. The van der Waals surface area contributed by atoms with Gasteiger partial charge in [-0.1, -0.05) is 17.3 Å². The Morgan fingerprint density at radius 3 is 2.54 bits per heavy atom. The van der Waals surface area contributed by atoms with Crippen LogP contribution in [0, 0.1) is 6.92 Å². The molecule has 0 bridgehead atoms. The first-order valence-electron chi connectivity index (χ1n) is 9.15. The van der Waals surface area contributed by atoms with Crippen LogP contribution in [0.5, 0.6) is 0 Å². The number of carbonyl (C=O) groups excluding carboxylic acids is 1. The summed E-state index contributed by atoms with van der Waals surface area (Å²) >= 11 is 0. The zero-order valence-electron chi connectivity index (χ0n) is 15.6. The topological polar surface area (TPSA) is 104 Å². The van der Waals surface area contributed by atoms with Gasteiger partial charge in [-0.2, -0.15) is 0 Å². The van der Waals surface area contributed by atoms with Crippen LogP contribution in [0.3, 0.4) is 0 Å². The summed E-state index contributed by atoms with van der Waals surface area (Å²) in [6.07, 6.45) is 0. The van der Waals surface area contributed by atoms with Crippen molar-refractivity contribution in [3.63, 3.8) is 0 Å². The van der Waals surface area contributed by atoms with Gasteiger partial charge in [-0.15, -0.1) is 0 Å². The minimum atomic E-state index is -0.379. The molecule has 9 nitrogen and oxygen atoms in total. The molecule has 1 amide bonds. The van der Waals surface area contributed by atoms with Crippen molar-refractivity contribution in [1.82, 2.24) is 24.7 Å². The van der Waals surface area contributed by atoms with Gasteiger partial charge in [0.2, 0.25) is 5.91 Å². The quantitative estimate of drug-likeness (QED) is 0.696. The number of amides is 1. The van der Waals surface area contributed by atoms with Gasteiger partial charge in [-0.25, -0.2) is 4.68 Å². The molecule has 2 aromatic heterocycles. The smallest absolute Gasteiger partial charge is 0.273 e. The van der Waals surface area contributed by atoms with E-state index in [0.717, 1.165) is 16.1 Å². The van der Waals surface area contributed by atoms with E-state index in [2.05, 4.69) is 15.2 Å². The predicted octanol–water partition coefficient (Wildman–Crippen LogP) is 0.331. The van der Waals surface area contributed by atoms with Gasteiger partial charge in [0, 0.05) is 32.2 Å². The minimum absolute atomic E-state index is 0.180. The minimum Gasteiger partial charge on any atom is -0.360 e. The lowest BCUT2D eigenvalue weighted by Crippen LogP contribution is -2.50. The number of piperazine rings is 1. The molecule has 28 heavy (non-hydrogen) atoms. The molecule has 1 N–H and O–H groups in total. The average molecular weight is 383 g/mol. The molecular weight excluding hydrogens is 362 g/mol. The fraction of sp³-hybridized carbons (Fsp3) is 0.368. The van der Waals surface area contributed by atoms with Crippen LogP contribution >= 0.6 is 0 Å². The van der Waals surface area contributed by atoms with Crippen molar-refractivity contribution < 1.29 is 9.32 Å². The van der Waals surface area contributed by atoms with Crippen LogP contribution in [0.2, 0.25) is 0 Å². The Labute approximate surface area is 160 Å². The molecule has 1 aliphatic heterocycles. The Morgan fingerprint density at radius 2 is 1.86 bits per heavy atom. The number of carbonyl (C=O) groups is 1. The second-order valence-corrected chi connectivity index (χ2v) is 6.97. The van der Waals surface area contributed by atoms with E-state index in [4.69, 9.17) is 4.52 Å². The van der Waals surface area contributed by atoms with Gasteiger partial charge in [0.05, 0.1) is 23.0 Å². The molecule has 3 heterocycles. The third kappa shape index (κ3) is 3.61. The first kappa shape index (κ1) is 18.2. The molecule has 3 aromatic rings. The van der Waals surface area contributed by atoms with Crippen molar-refractivity contribution in [2.75, 3.05) is 26.2 Å². The molecule has 1 aromatic carbocycles. The highest BCUT2D eigenvalue weighted by Gasteiger charge is 2.23. The van der Waals surface area contributed by atoms with Crippen molar-refractivity contribution in [3.8, 4) is 0 Å². The summed E-state index contributed by atoms with van der Waals surface area (Å²) in [5.74, 6) is 0.612. The van der Waals surface area contributed by atoms with Crippen LogP contribution < -0.4 is 11.1 Å². The molecule has 0 saturated carbocycles. The largest absolute Gasteiger partial charge is 0.360 e. The van der Waals surface area contributed by atoms with E-state index in [1.807, 2.05) is 13.0 Å². The molecule has 0 atom stereocenters. The van der Waals surface area contributed by atoms with E-state index >= 15 is 0 Å². The number of aromatic nitrogens is 3. The molecule has 0 spiro atoms. The number of benzene rings is 1. The Hall–Kier alpha value is -3.20. The number of fused-ring (bicyclic) bond motifs is 1. The van der Waals surface area contributed by atoms with Gasteiger partial charge in [0.25, 0.3) is 11.1 Å². The molecule has 1 aliphatic rings. The van der Waals surface area contributed by atoms with Crippen LogP contribution in [0.4, 0.5) is 0 Å². The highest BCUT2D eigenvalue weighted by atomic mass is 16.5. The van der Waals surface area contributed by atoms with Crippen LogP contribution in [0.15, 0.2) is 44.4 Å². The van der Waals surface area contributed by atoms with Crippen LogP contribution in [0.1, 0.15) is 11.5 Å². The van der Waals surface area contributed by atoms with E-state index in [-0.39, 0.29) is 23.6 Å². The maximum absolute atomic E-state index is 12.6. The Bertz CT molecular complexity index is 1120. The summed E-state index contributed by atoms with van der Waals surface area (Å²) in [5.41, 5.74) is 0.0941. The standard InChI is InChI=1S/C19H21N5O4/c1-13-10-14(28-21-13)11-22-6-8-23(9-7-22)17(25)12-24-19(27)16-5-3-2-4-15(16)18(26)20-24/h2-5,10H,6-9,11-12H2,1H3,(H,20,26). The molecular formula is C19H21N5O4. The van der Waals surface area contributed by atoms with E-state index in [1.165, 1.54) is 0 Å². The van der Waals surface area contributed by atoms with Gasteiger partial charge >= 0.3 is 0 Å². The number of nitrogens with one attached hydrogen (secondary N) is 1. The van der Waals surface area contributed by atoms with Gasteiger partial charge < -0.3 is 9.42 Å². The number of H-pyrrole nitrogens is 1. The normalized spacial score (nSPS) is 15.2. The highest BCUT2D eigenvalue weighted by molar-refractivity contribution is 5.81. The van der Waals surface area contributed by atoms with Crippen molar-refractivity contribution in [1.29, 1.82) is 0 Å². The van der Waals surface area contributed by atoms with Crippen molar-refractivity contribution in [2.45, 2.75) is 20.0 Å². The van der Waals surface area contributed by atoms with E-state index in [9.17, 15) is 14.4 Å². The molecule has 0 aliphatic carbocycles. The average Bonchev–Trinajstić information content (AvgIpc) is 3.11. The Balaban J connectivity index is 1.41. The van der Waals surface area contributed by atoms with Crippen LogP contribution in [0.25, 0.3) is 10.8 Å². The lowest BCUT2D eigenvalue weighted by atomic mass is 10.2. The fourth-order valence-electron chi connectivity index (χ4n) is 3.46. The SMILES string of the molecule is Cc1cc(CN2CCN(C(=O)Cn3[nH]c(=O)c4ccccc4c3=O)CC2)on1. The highest BCUT2D eigenvalue weighted by Crippen LogP contribution is 2.10. The van der Waals surface area contributed by atoms with E-state index < -0.39 is 0 Å². The van der Waals surface area contributed by atoms with Gasteiger partial charge in [-0.3, -0.25) is 24.4 Å². The van der Waals surface area contributed by atoms with E-state index in [0.29, 0.717) is 43.5 Å². The predicted molar refractivity (Wildman–Crippen MR) is 102 cm³/mol. The second kappa shape index (κ2) is 7.43. The summed E-state index contributed by atoms with van der Waals surface area (Å²) in [6.45, 7) is 4.86. The maximum Gasteiger partial charge on any atom is 0.273 e. The Kier molecular flexibility index (Phi) is 4.82. The van der Waals surface area contributed by atoms with Gasteiger partial charge in [0.15, 0.2) is 5.76 Å². The van der Waals surface area contributed by atoms with Crippen molar-refractivity contribution in [2.24, 2.45) is 0 Å². The lowest BCUT2D eigenvalue weighted by Gasteiger charge is -2.34. The molecule has 1 fully saturated rings. The van der Waals surface area contributed by atoms with Crippen LogP contribution in [-0.2, 0) is 17.9 Å². The summed E-state index contributed by atoms with van der Waals surface area (Å²) in [7, 11) is 0. The second-order valence-electron chi connectivity index (χ2n) is 6.97. The summed E-state index contributed by atoms with van der Waals surface area (Å²) in [4.78, 5) is 41.3. The van der Waals surface area contributed by atoms with E-state index in [1.54, 1.807) is 29.2 Å². The number of aromatic amines is 1. The first-order chi connectivity index (χ1) is 13.5.